The molecule has 100 valence electrons. The zero-order valence-corrected chi connectivity index (χ0v) is 11.5. The molecule has 1 aromatic carbocycles. The SMILES string of the molecule is CCC(CC)C(O)CNCC1Cc2ccccc21. The van der Waals surface area contributed by atoms with Crippen LogP contribution in [0.25, 0.3) is 0 Å². The van der Waals surface area contributed by atoms with Gasteiger partial charge in [-0.1, -0.05) is 51.0 Å². The molecule has 0 saturated heterocycles. The molecule has 2 N–H and O–H groups in total. The molecule has 0 heterocycles. The molecule has 0 aliphatic heterocycles. The van der Waals surface area contributed by atoms with Gasteiger partial charge in [0, 0.05) is 19.0 Å². The van der Waals surface area contributed by atoms with Crippen molar-refractivity contribution < 1.29 is 5.11 Å². The van der Waals surface area contributed by atoms with Crippen LogP contribution in [0.1, 0.15) is 43.7 Å². The summed E-state index contributed by atoms with van der Waals surface area (Å²) in [6, 6.07) is 8.66. The van der Waals surface area contributed by atoms with Gasteiger partial charge in [-0.15, -0.1) is 0 Å². The number of benzene rings is 1. The maximum Gasteiger partial charge on any atom is 0.0692 e. The first-order valence-electron chi connectivity index (χ1n) is 7.22. The fourth-order valence-electron chi connectivity index (χ4n) is 2.95. The van der Waals surface area contributed by atoms with Crippen molar-refractivity contribution >= 4 is 0 Å². The highest BCUT2D eigenvalue weighted by molar-refractivity contribution is 5.40. The summed E-state index contributed by atoms with van der Waals surface area (Å²) in [4.78, 5) is 0. The normalized spacial score (nSPS) is 19.4. The molecule has 18 heavy (non-hydrogen) atoms. The molecule has 0 saturated carbocycles. The molecule has 0 amide bonds. The van der Waals surface area contributed by atoms with Crippen molar-refractivity contribution in [2.45, 2.75) is 45.1 Å². The number of hydrogen-bond acceptors (Lipinski definition) is 2. The Kier molecular flexibility index (Phi) is 4.79. The predicted molar refractivity (Wildman–Crippen MR) is 75.8 cm³/mol. The molecular weight excluding hydrogens is 222 g/mol. The van der Waals surface area contributed by atoms with Crippen LogP contribution in [-0.4, -0.2) is 24.3 Å². The minimum absolute atomic E-state index is 0.199. The molecular formula is C16H25NO. The first kappa shape index (κ1) is 13.6. The van der Waals surface area contributed by atoms with Gasteiger partial charge < -0.3 is 10.4 Å². The van der Waals surface area contributed by atoms with E-state index in [1.807, 2.05) is 0 Å². The van der Waals surface area contributed by atoms with Gasteiger partial charge in [0.1, 0.15) is 0 Å². The van der Waals surface area contributed by atoms with E-state index in [-0.39, 0.29) is 6.10 Å². The number of hydrogen-bond donors (Lipinski definition) is 2. The van der Waals surface area contributed by atoms with E-state index in [4.69, 9.17) is 0 Å². The van der Waals surface area contributed by atoms with E-state index in [0.717, 1.165) is 25.9 Å². The lowest BCUT2D eigenvalue weighted by atomic mass is 9.77. The van der Waals surface area contributed by atoms with Gasteiger partial charge in [0.05, 0.1) is 6.10 Å². The number of aliphatic hydroxyl groups excluding tert-OH is 1. The third-order valence-electron chi connectivity index (χ3n) is 4.30. The Morgan fingerprint density at radius 1 is 1.28 bits per heavy atom. The van der Waals surface area contributed by atoms with Crippen molar-refractivity contribution in [2.24, 2.45) is 5.92 Å². The van der Waals surface area contributed by atoms with Gasteiger partial charge in [-0.3, -0.25) is 0 Å². The van der Waals surface area contributed by atoms with Crippen molar-refractivity contribution in [3.63, 3.8) is 0 Å². The monoisotopic (exact) mass is 247 g/mol. The van der Waals surface area contributed by atoms with Crippen molar-refractivity contribution in [3.8, 4) is 0 Å². The van der Waals surface area contributed by atoms with E-state index in [2.05, 4.69) is 43.4 Å². The van der Waals surface area contributed by atoms with Crippen LogP contribution in [0, 0.1) is 5.92 Å². The largest absolute Gasteiger partial charge is 0.392 e. The summed E-state index contributed by atoms with van der Waals surface area (Å²) in [5, 5.41) is 13.5. The summed E-state index contributed by atoms with van der Waals surface area (Å²) < 4.78 is 0. The smallest absolute Gasteiger partial charge is 0.0692 e. The van der Waals surface area contributed by atoms with Crippen molar-refractivity contribution in [3.05, 3.63) is 35.4 Å². The molecule has 2 unspecified atom stereocenters. The van der Waals surface area contributed by atoms with Crippen LogP contribution in [0.4, 0.5) is 0 Å². The van der Waals surface area contributed by atoms with E-state index in [1.165, 1.54) is 17.5 Å². The topological polar surface area (TPSA) is 32.3 Å². The molecule has 1 aliphatic carbocycles. The van der Waals surface area contributed by atoms with Gasteiger partial charge in [0.15, 0.2) is 0 Å². The molecule has 0 radical (unpaired) electrons. The van der Waals surface area contributed by atoms with Crippen LogP contribution in [0.5, 0.6) is 0 Å². The van der Waals surface area contributed by atoms with Crippen LogP contribution in [0.15, 0.2) is 24.3 Å². The van der Waals surface area contributed by atoms with Crippen LogP contribution < -0.4 is 5.32 Å². The second kappa shape index (κ2) is 6.35. The number of nitrogens with one attached hydrogen (secondary N) is 1. The summed E-state index contributed by atoms with van der Waals surface area (Å²) >= 11 is 0. The van der Waals surface area contributed by atoms with Crippen LogP contribution in [0.2, 0.25) is 0 Å². The Morgan fingerprint density at radius 3 is 2.67 bits per heavy atom. The molecule has 1 aromatic rings. The zero-order chi connectivity index (χ0) is 13.0. The number of rotatable bonds is 7. The van der Waals surface area contributed by atoms with E-state index >= 15 is 0 Å². The quantitative estimate of drug-likeness (QED) is 0.776. The molecule has 2 atom stereocenters. The molecule has 0 spiro atoms. The molecule has 1 aliphatic rings. The lowest BCUT2D eigenvalue weighted by Crippen LogP contribution is -2.36. The Bertz CT molecular complexity index is 373. The average molecular weight is 247 g/mol. The predicted octanol–water partition coefficient (Wildman–Crippen LogP) is 2.71. The van der Waals surface area contributed by atoms with E-state index in [0.29, 0.717) is 11.8 Å². The Labute approximate surface area is 110 Å². The minimum atomic E-state index is -0.199. The van der Waals surface area contributed by atoms with Gasteiger partial charge in [-0.2, -0.15) is 0 Å². The highest BCUT2D eigenvalue weighted by Crippen LogP contribution is 2.33. The maximum absolute atomic E-state index is 10.0. The lowest BCUT2D eigenvalue weighted by molar-refractivity contribution is 0.101. The number of fused-ring (bicyclic) bond motifs is 1. The molecule has 2 nitrogen and oxygen atoms in total. The standard InChI is InChI=1S/C16H25NO/c1-3-12(4-2)16(18)11-17-10-14-9-13-7-5-6-8-15(13)14/h5-8,12,14,16-18H,3-4,9-11H2,1-2H3. The third kappa shape index (κ3) is 2.93. The minimum Gasteiger partial charge on any atom is -0.392 e. The molecule has 0 bridgehead atoms. The van der Waals surface area contributed by atoms with Gasteiger partial charge in [0.2, 0.25) is 0 Å². The van der Waals surface area contributed by atoms with E-state index < -0.39 is 0 Å². The molecule has 2 heteroatoms. The van der Waals surface area contributed by atoms with E-state index in [9.17, 15) is 5.11 Å². The van der Waals surface area contributed by atoms with Gasteiger partial charge in [0.25, 0.3) is 0 Å². The fourth-order valence-corrected chi connectivity index (χ4v) is 2.95. The zero-order valence-electron chi connectivity index (χ0n) is 11.5. The lowest BCUT2D eigenvalue weighted by Gasteiger charge is -2.31. The van der Waals surface area contributed by atoms with Gasteiger partial charge in [-0.05, 0) is 23.5 Å². The molecule has 2 rings (SSSR count). The molecule has 0 fully saturated rings. The average Bonchev–Trinajstić information content (AvgIpc) is 2.36. The summed E-state index contributed by atoms with van der Waals surface area (Å²) in [5.41, 5.74) is 2.98. The summed E-state index contributed by atoms with van der Waals surface area (Å²) in [7, 11) is 0. The highest BCUT2D eigenvalue weighted by atomic mass is 16.3. The first-order valence-corrected chi connectivity index (χ1v) is 7.22. The van der Waals surface area contributed by atoms with Gasteiger partial charge in [-0.25, -0.2) is 0 Å². The van der Waals surface area contributed by atoms with Crippen molar-refractivity contribution in [2.75, 3.05) is 13.1 Å². The van der Waals surface area contributed by atoms with Crippen molar-refractivity contribution in [1.82, 2.24) is 5.32 Å². The first-order chi connectivity index (χ1) is 8.76. The highest BCUT2D eigenvalue weighted by Gasteiger charge is 2.25. The summed E-state index contributed by atoms with van der Waals surface area (Å²) in [6.07, 6.45) is 3.11. The number of aliphatic hydroxyl groups is 1. The second-order valence-corrected chi connectivity index (χ2v) is 5.40. The second-order valence-electron chi connectivity index (χ2n) is 5.40. The van der Waals surface area contributed by atoms with Crippen LogP contribution in [0.3, 0.4) is 0 Å². The summed E-state index contributed by atoms with van der Waals surface area (Å²) in [5.74, 6) is 1.08. The Balaban J connectivity index is 1.71. The maximum atomic E-state index is 10.0. The van der Waals surface area contributed by atoms with E-state index in [1.54, 1.807) is 0 Å². The van der Waals surface area contributed by atoms with Crippen LogP contribution in [-0.2, 0) is 6.42 Å². The molecule has 0 aromatic heterocycles. The van der Waals surface area contributed by atoms with Crippen molar-refractivity contribution in [1.29, 1.82) is 0 Å². The fraction of sp³-hybridized carbons (Fsp3) is 0.625. The third-order valence-corrected chi connectivity index (χ3v) is 4.30. The van der Waals surface area contributed by atoms with Crippen LogP contribution >= 0.6 is 0 Å². The Hall–Kier alpha value is -0.860. The Morgan fingerprint density at radius 2 is 2.00 bits per heavy atom. The summed E-state index contributed by atoms with van der Waals surface area (Å²) in [6.45, 7) is 6.03. The van der Waals surface area contributed by atoms with Gasteiger partial charge >= 0.3 is 0 Å².